The van der Waals surface area contributed by atoms with Gasteiger partial charge in [-0.1, -0.05) is 38.8 Å². The minimum absolute atomic E-state index is 0.415. The average molecular weight is 289 g/mol. The van der Waals surface area contributed by atoms with E-state index in [4.69, 9.17) is 4.74 Å². The smallest absolute Gasteiger partial charge is 0.118 e. The van der Waals surface area contributed by atoms with E-state index in [-0.39, 0.29) is 0 Å². The van der Waals surface area contributed by atoms with E-state index in [1.807, 2.05) is 0 Å². The number of ether oxygens (including phenoxy) is 1. The third kappa shape index (κ3) is 5.03. The number of nitrogens with one attached hydrogen (secondary N) is 1. The zero-order valence-corrected chi connectivity index (χ0v) is 14.1. The van der Waals surface area contributed by atoms with Crippen molar-refractivity contribution in [2.75, 3.05) is 7.11 Å². The zero-order valence-electron chi connectivity index (χ0n) is 14.1. The van der Waals surface area contributed by atoms with Gasteiger partial charge in [-0.25, -0.2) is 0 Å². The molecule has 0 amide bonds. The highest BCUT2D eigenvalue weighted by Gasteiger charge is 2.23. The normalized spacial score (nSPS) is 24.0. The molecule has 1 N–H and O–H groups in total. The van der Waals surface area contributed by atoms with Crippen LogP contribution in [0.25, 0.3) is 0 Å². The molecule has 0 aromatic heterocycles. The molecule has 1 fully saturated rings. The van der Waals surface area contributed by atoms with Gasteiger partial charge >= 0.3 is 0 Å². The van der Waals surface area contributed by atoms with Crippen molar-refractivity contribution < 1.29 is 4.74 Å². The maximum atomic E-state index is 5.23. The zero-order chi connectivity index (χ0) is 15.2. The van der Waals surface area contributed by atoms with Crippen molar-refractivity contribution in [1.82, 2.24) is 5.32 Å². The Hall–Kier alpha value is -1.02. The molecule has 2 rings (SSSR count). The van der Waals surface area contributed by atoms with Crippen LogP contribution in [0.4, 0.5) is 0 Å². The summed E-state index contributed by atoms with van der Waals surface area (Å²) >= 11 is 0. The van der Waals surface area contributed by atoms with Crippen LogP contribution >= 0.6 is 0 Å². The first-order valence-corrected chi connectivity index (χ1v) is 8.48. The molecule has 2 heteroatoms. The molecule has 2 nitrogen and oxygen atoms in total. The van der Waals surface area contributed by atoms with Crippen LogP contribution in [0.2, 0.25) is 0 Å². The highest BCUT2D eigenvalue weighted by Crippen LogP contribution is 2.30. The Morgan fingerprint density at radius 2 is 1.86 bits per heavy atom. The largest absolute Gasteiger partial charge is 0.497 e. The summed E-state index contributed by atoms with van der Waals surface area (Å²) in [5.41, 5.74) is 1.35. The number of hydrogen-bond donors (Lipinski definition) is 1. The van der Waals surface area contributed by atoms with Crippen LogP contribution in [-0.2, 0) is 0 Å². The standard InChI is InChI=1S/C19H31NO/c1-14(2)12-16-6-5-7-18(13-16)20-15(3)17-8-10-19(21-4)11-9-17/h8-11,14-16,18,20H,5-7,12-13H2,1-4H3. The molecular formula is C19H31NO. The fourth-order valence-corrected chi connectivity index (χ4v) is 3.67. The summed E-state index contributed by atoms with van der Waals surface area (Å²) < 4.78 is 5.23. The second-order valence-electron chi connectivity index (χ2n) is 7.02. The Labute approximate surface area is 130 Å². The van der Waals surface area contributed by atoms with Crippen LogP contribution in [0.5, 0.6) is 5.75 Å². The topological polar surface area (TPSA) is 21.3 Å². The van der Waals surface area contributed by atoms with E-state index < -0.39 is 0 Å². The second-order valence-corrected chi connectivity index (χ2v) is 7.02. The Bertz CT molecular complexity index is 412. The minimum atomic E-state index is 0.415. The lowest BCUT2D eigenvalue weighted by Crippen LogP contribution is -2.36. The van der Waals surface area contributed by atoms with E-state index >= 15 is 0 Å². The molecule has 21 heavy (non-hydrogen) atoms. The van der Waals surface area contributed by atoms with E-state index in [0.717, 1.165) is 17.6 Å². The summed E-state index contributed by atoms with van der Waals surface area (Å²) in [6.45, 7) is 6.96. The average Bonchev–Trinajstić information content (AvgIpc) is 2.47. The molecule has 0 aliphatic heterocycles. The number of benzene rings is 1. The van der Waals surface area contributed by atoms with E-state index in [2.05, 4.69) is 50.4 Å². The van der Waals surface area contributed by atoms with E-state index in [1.165, 1.54) is 37.7 Å². The van der Waals surface area contributed by atoms with Crippen LogP contribution < -0.4 is 10.1 Å². The maximum absolute atomic E-state index is 5.23. The molecule has 118 valence electrons. The van der Waals surface area contributed by atoms with Gasteiger partial charge in [0.05, 0.1) is 7.11 Å². The molecule has 1 aliphatic carbocycles. The van der Waals surface area contributed by atoms with E-state index in [9.17, 15) is 0 Å². The first-order valence-electron chi connectivity index (χ1n) is 8.48. The number of rotatable bonds is 6. The summed E-state index contributed by atoms with van der Waals surface area (Å²) in [7, 11) is 1.72. The summed E-state index contributed by atoms with van der Waals surface area (Å²) in [5.74, 6) is 2.67. The van der Waals surface area contributed by atoms with Crippen LogP contribution in [0.1, 0.15) is 64.5 Å². The summed E-state index contributed by atoms with van der Waals surface area (Å²) in [4.78, 5) is 0. The fraction of sp³-hybridized carbons (Fsp3) is 0.684. The molecule has 0 heterocycles. The molecule has 3 unspecified atom stereocenters. The van der Waals surface area contributed by atoms with E-state index in [1.54, 1.807) is 7.11 Å². The predicted octanol–water partition coefficient (Wildman–Crippen LogP) is 4.95. The van der Waals surface area contributed by atoms with Crippen molar-refractivity contribution in [2.24, 2.45) is 11.8 Å². The quantitative estimate of drug-likeness (QED) is 0.800. The van der Waals surface area contributed by atoms with Crippen molar-refractivity contribution in [3.8, 4) is 5.75 Å². The molecular weight excluding hydrogens is 258 g/mol. The first kappa shape index (κ1) is 16.4. The highest BCUT2D eigenvalue weighted by atomic mass is 16.5. The van der Waals surface area contributed by atoms with Gasteiger partial charge in [-0.3, -0.25) is 0 Å². The predicted molar refractivity (Wildman–Crippen MR) is 89.7 cm³/mol. The minimum Gasteiger partial charge on any atom is -0.497 e. The fourth-order valence-electron chi connectivity index (χ4n) is 3.67. The Kier molecular flexibility index (Phi) is 6.10. The SMILES string of the molecule is COc1ccc(C(C)NC2CCCC(CC(C)C)C2)cc1. The van der Waals surface area contributed by atoms with Gasteiger partial charge in [0.1, 0.15) is 5.75 Å². The second kappa shape index (κ2) is 7.84. The van der Waals surface area contributed by atoms with Crippen molar-refractivity contribution in [3.05, 3.63) is 29.8 Å². The van der Waals surface area contributed by atoms with Gasteiger partial charge in [-0.15, -0.1) is 0 Å². The van der Waals surface area contributed by atoms with Crippen molar-refractivity contribution in [1.29, 1.82) is 0 Å². The monoisotopic (exact) mass is 289 g/mol. The van der Waals surface area contributed by atoms with Gasteiger partial charge in [0.15, 0.2) is 0 Å². The Balaban J connectivity index is 1.87. The van der Waals surface area contributed by atoms with Crippen LogP contribution in [-0.4, -0.2) is 13.2 Å². The third-order valence-electron chi connectivity index (χ3n) is 4.69. The number of methoxy groups -OCH3 is 1. The first-order chi connectivity index (χ1) is 10.1. The maximum Gasteiger partial charge on any atom is 0.118 e. The molecule has 0 radical (unpaired) electrons. The lowest BCUT2D eigenvalue weighted by Gasteiger charge is -2.33. The molecule has 0 saturated heterocycles. The molecule has 0 spiro atoms. The van der Waals surface area contributed by atoms with Crippen molar-refractivity contribution in [2.45, 2.75) is 65.0 Å². The van der Waals surface area contributed by atoms with Crippen LogP contribution in [0.15, 0.2) is 24.3 Å². The highest BCUT2D eigenvalue weighted by molar-refractivity contribution is 5.28. The lowest BCUT2D eigenvalue weighted by atomic mass is 9.81. The van der Waals surface area contributed by atoms with Crippen molar-refractivity contribution in [3.63, 3.8) is 0 Å². The molecule has 1 aliphatic rings. The molecule has 1 aromatic rings. The van der Waals surface area contributed by atoms with Gasteiger partial charge in [-0.05, 0) is 55.7 Å². The molecule has 3 atom stereocenters. The van der Waals surface area contributed by atoms with Gasteiger partial charge in [0.2, 0.25) is 0 Å². The Morgan fingerprint density at radius 3 is 2.48 bits per heavy atom. The summed E-state index contributed by atoms with van der Waals surface area (Å²) in [5, 5.41) is 3.83. The van der Waals surface area contributed by atoms with Gasteiger partial charge in [0, 0.05) is 12.1 Å². The summed E-state index contributed by atoms with van der Waals surface area (Å²) in [6.07, 6.45) is 6.86. The molecule has 0 bridgehead atoms. The van der Waals surface area contributed by atoms with Crippen molar-refractivity contribution >= 4 is 0 Å². The van der Waals surface area contributed by atoms with E-state index in [0.29, 0.717) is 12.1 Å². The van der Waals surface area contributed by atoms with Gasteiger partial charge < -0.3 is 10.1 Å². The molecule has 1 saturated carbocycles. The van der Waals surface area contributed by atoms with Gasteiger partial charge in [-0.2, -0.15) is 0 Å². The van der Waals surface area contributed by atoms with Crippen LogP contribution in [0, 0.1) is 11.8 Å². The number of hydrogen-bond acceptors (Lipinski definition) is 2. The molecule has 1 aromatic carbocycles. The van der Waals surface area contributed by atoms with Crippen LogP contribution in [0.3, 0.4) is 0 Å². The third-order valence-corrected chi connectivity index (χ3v) is 4.69. The Morgan fingerprint density at radius 1 is 1.14 bits per heavy atom. The lowest BCUT2D eigenvalue weighted by molar-refractivity contribution is 0.242. The summed E-state index contributed by atoms with van der Waals surface area (Å²) in [6, 6.07) is 9.54. The van der Waals surface area contributed by atoms with Gasteiger partial charge in [0.25, 0.3) is 0 Å².